The smallest absolute Gasteiger partial charge is 0.127 e. The van der Waals surface area contributed by atoms with Crippen molar-refractivity contribution in [3.05, 3.63) is 50.4 Å². The number of nitrogens with two attached hydrogens (primary N) is 1. The van der Waals surface area contributed by atoms with Crippen molar-refractivity contribution >= 4 is 43.2 Å². The van der Waals surface area contributed by atoms with Crippen LogP contribution in [0.4, 0.5) is 11.4 Å². The molecule has 2 aromatic carbocycles. The van der Waals surface area contributed by atoms with E-state index in [9.17, 15) is 0 Å². The van der Waals surface area contributed by atoms with Gasteiger partial charge in [-0.1, -0.05) is 31.9 Å². The summed E-state index contributed by atoms with van der Waals surface area (Å²) < 4.78 is 7.79. The van der Waals surface area contributed by atoms with E-state index in [4.69, 9.17) is 10.5 Å². The molecule has 0 unspecified atom stereocenters. The van der Waals surface area contributed by atoms with E-state index in [1.807, 2.05) is 18.2 Å². The van der Waals surface area contributed by atoms with E-state index >= 15 is 0 Å². The Morgan fingerprint density at radius 1 is 1.15 bits per heavy atom. The van der Waals surface area contributed by atoms with Crippen LogP contribution in [-0.2, 0) is 13.0 Å². The molecule has 0 spiro atoms. The van der Waals surface area contributed by atoms with E-state index in [1.165, 1.54) is 5.56 Å². The van der Waals surface area contributed by atoms with Gasteiger partial charge >= 0.3 is 0 Å². The van der Waals surface area contributed by atoms with Crippen molar-refractivity contribution in [2.75, 3.05) is 17.7 Å². The summed E-state index contributed by atoms with van der Waals surface area (Å²) in [7, 11) is 0. The molecule has 3 rings (SSSR count). The maximum Gasteiger partial charge on any atom is 0.127 e. The van der Waals surface area contributed by atoms with E-state index in [2.05, 4.69) is 49.3 Å². The van der Waals surface area contributed by atoms with Gasteiger partial charge in [0.1, 0.15) is 5.75 Å². The summed E-state index contributed by atoms with van der Waals surface area (Å²) in [6.45, 7) is 1.45. The van der Waals surface area contributed by atoms with Gasteiger partial charge in [-0.15, -0.1) is 0 Å². The lowest BCUT2D eigenvalue weighted by molar-refractivity contribution is 0.354. The first-order chi connectivity index (χ1) is 9.63. The van der Waals surface area contributed by atoms with Crippen LogP contribution in [0.15, 0.2) is 39.3 Å². The number of rotatable bonds is 3. The van der Waals surface area contributed by atoms with Gasteiger partial charge in [0.2, 0.25) is 0 Å². The first-order valence-corrected chi connectivity index (χ1v) is 7.95. The van der Waals surface area contributed by atoms with Gasteiger partial charge in [0.05, 0.1) is 18.0 Å². The Labute approximate surface area is 134 Å². The summed E-state index contributed by atoms with van der Waals surface area (Å²) in [6, 6.07) is 10.1. The number of nitrogen functional groups attached to an aromatic ring is 1. The molecule has 0 aliphatic carbocycles. The van der Waals surface area contributed by atoms with Gasteiger partial charge in [-0.2, -0.15) is 0 Å². The summed E-state index contributed by atoms with van der Waals surface area (Å²) in [6.07, 6.45) is 0.974. The van der Waals surface area contributed by atoms with Gasteiger partial charge < -0.3 is 15.8 Å². The number of ether oxygens (including phenoxy) is 1. The predicted octanol–water partition coefficient (Wildman–Crippen LogP) is 4.34. The summed E-state index contributed by atoms with van der Waals surface area (Å²) in [4.78, 5) is 0. The lowest BCUT2D eigenvalue weighted by atomic mass is 10.1. The normalized spacial score (nSPS) is 12.9. The highest BCUT2D eigenvalue weighted by Crippen LogP contribution is 2.34. The molecule has 0 amide bonds. The molecule has 5 heteroatoms. The molecule has 0 radical (unpaired) electrons. The highest BCUT2D eigenvalue weighted by molar-refractivity contribution is 9.10. The Kier molecular flexibility index (Phi) is 3.89. The van der Waals surface area contributed by atoms with Crippen molar-refractivity contribution in [2.45, 2.75) is 13.0 Å². The zero-order valence-electron chi connectivity index (χ0n) is 10.7. The molecular formula is C15H14Br2N2O. The molecule has 1 aliphatic rings. The van der Waals surface area contributed by atoms with E-state index in [-0.39, 0.29) is 0 Å². The van der Waals surface area contributed by atoms with Crippen molar-refractivity contribution in [3.8, 4) is 5.75 Å². The summed E-state index contributed by atoms with van der Waals surface area (Å²) in [5, 5.41) is 3.37. The number of hydrogen-bond donors (Lipinski definition) is 2. The fourth-order valence-corrected chi connectivity index (χ4v) is 3.29. The maximum absolute atomic E-state index is 6.00. The topological polar surface area (TPSA) is 47.3 Å². The van der Waals surface area contributed by atoms with Gasteiger partial charge in [0.25, 0.3) is 0 Å². The number of hydrogen-bond acceptors (Lipinski definition) is 3. The van der Waals surface area contributed by atoms with Gasteiger partial charge in [-0.05, 0) is 35.9 Å². The molecule has 3 N–H and O–H groups in total. The van der Waals surface area contributed by atoms with Gasteiger partial charge in [0.15, 0.2) is 0 Å². The standard InChI is InChI=1S/C15H14Br2N2O/c16-11-1-2-14(13(18)7-11)19-8-10-6-12(17)5-9-3-4-20-15(9)10/h1-2,5-7,19H,3-4,8,18H2. The first-order valence-electron chi connectivity index (χ1n) is 6.36. The van der Waals surface area contributed by atoms with E-state index < -0.39 is 0 Å². The van der Waals surface area contributed by atoms with Gasteiger partial charge in [-0.3, -0.25) is 0 Å². The van der Waals surface area contributed by atoms with Crippen molar-refractivity contribution in [3.63, 3.8) is 0 Å². The van der Waals surface area contributed by atoms with Crippen LogP contribution < -0.4 is 15.8 Å². The molecule has 1 heterocycles. The summed E-state index contributed by atoms with van der Waals surface area (Å²) in [5.41, 5.74) is 10.1. The first kappa shape index (κ1) is 13.8. The second-order valence-corrected chi connectivity index (χ2v) is 6.57. The molecule has 2 aromatic rings. The molecule has 0 atom stereocenters. The molecule has 20 heavy (non-hydrogen) atoms. The number of fused-ring (bicyclic) bond motifs is 1. The molecule has 0 saturated carbocycles. The molecule has 0 bridgehead atoms. The molecule has 0 fully saturated rings. The molecule has 104 valence electrons. The lowest BCUT2D eigenvalue weighted by Crippen LogP contribution is -2.04. The minimum absolute atomic E-state index is 0.688. The number of nitrogens with one attached hydrogen (secondary N) is 1. The van der Waals surface area contributed by atoms with Crippen LogP contribution in [0, 0.1) is 0 Å². The Hall–Kier alpha value is -1.20. The fourth-order valence-electron chi connectivity index (χ4n) is 2.36. The lowest BCUT2D eigenvalue weighted by Gasteiger charge is -2.13. The maximum atomic E-state index is 6.00. The number of anilines is 2. The zero-order chi connectivity index (χ0) is 14.1. The second-order valence-electron chi connectivity index (χ2n) is 4.74. The molecular weight excluding hydrogens is 384 g/mol. The van der Waals surface area contributed by atoms with Crippen LogP contribution in [0.3, 0.4) is 0 Å². The van der Waals surface area contributed by atoms with Crippen LogP contribution in [0.1, 0.15) is 11.1 Å². The average Bonchev–Trinajstić information content (AvgIpc) is 2.85. The van der Waals surface area contributed by atoms with E-state index in [0.29, 0.717) is 6.54 Å². The third-order valence-corrected chi connectivity index (χ3v) is 4.26. The minimum atomic E-state index is 0.688. The quantitative estimate of drug-likeness (QED) is 0.757. The van der Waals surface area contributed by atoms with Crippen molar-refractivity contribution < 1.29 is 4.74 Å². The molecule has 1 aliphatic heterocycles. The van der Waals surface area contributed by atoms with Crippen LogP contribution >= 0.6 is 31.9 Å². The zero-order valence-corrected chi connectivity index (χ0v) is 13.9. The largest absolute Gasteiger partial charge is 0.493 e. The third-order valence-electron chi connectivity index (χ3n) is 3.31. The summed E-state index contributed by atoms with van der Waals surface area (Å²) in [5.74, 6) is 1.01. The molecule has 0 aromatic heterocycles. The monoisotopic (exact) mass is 396 g/mol. The number of halogens is 2. The van der Waals surface area contributed by atoms with Crippen molar-refractivity contribution in [2.24, 2.45) is 0 Å². The Balaban J connectivity index is 1.82. The van der Waals surface area contributed by atoms with Crippen LogP contribution in [0.2, 0.25) is 0 Å². The second kappa shape index (κ2) is 5.66. The van der Waals surface area contributed by atoms with Crippen molar-refractivity contribution in [1.29, 1.82) is 0 Å². The Morgan fingerprint density at radius 3 is 2.80 bits per heavy atom. The highest BCUT2D eigenvalue weighted by atomic mass is 79.9. The average molecular weight is 398 g/mol. The van der Waals surface area contributed by atoms with Gasteiger partial charge in [0, 0.05) is 27.5 Å². The third kappa shape index (κ3) is 2.79. The minimum Gasteiger partial charge on any atom is -0.493 e. The Bertz CT molecular complexity index is 659. The SMILES string of the molecule is Nc1cc(Br)ccc1NCc1cc(Br)cc2c1OCC2. The highest BCUT2D eigenvalue weighted by Gasteiger charge is 2.17. The number of benzene rings is 2. The predicted molar refractivity (Wildman–Crippen MR) is 89.2 cm³/mol. The van der Waals surface area contributed by atoms with Crippen LogP contribution in [-0.4, -0.2) is 6.61 Å². The van der Waals surface area contributed by atoms with Gasteiger partial charge in [-0.25, -0.2) is 0 Å². The van der Waals surface area contributed by atoms with E-state index in [1.54, 1.807) is 0 Å². The Morgan fingerprint density at radius 2 is 2.00 bits per heavy atom. The molecule has 0 saturated heterocycles. The van der Waals surface area contributed by atoms with Crippen LogP contribution in [0.5, 0.6) is 5.75 Å². The summed E-state index contributed by atoms with van der Waals surface area (Å²) >= 11 is 6.96. The van der Waals surface area contributed by atoms with Crippen LogP contribution in [0.25, 0.3) is 0 Å². The van der Waals surface area contributed by atoms with E-state index in [0.717, 1.165) is 44.7 Å². The molecule has 3 nitrogen and oxygen atoms in total. The fraction of sp³-hybridized carbons (Fsp3) is 0.200. The van der Waals surface area contributed by atoms with Crippen molar-refractivity contribution in [1.82, 2.24) is 0 Å².